The molecular formula is C9H12N2O2. The molecule has 1 aromatic rings. The summed E-state index contributed by atoms with van der Waals surface area (Å²) in [6.45, 7) is 3.56. The molecular weight excluding hydrogens is 168 g/mol. The zero-order chi connectivity index (χ0) is 9.84. The average Bonchev–Trinajstić information content (AvgIpc) is 2.03. The molecule has 13 heavy (non-hydrogen) atoms. The Morgan fingerprint density at radius 3 is 2.85 bits per heavy atom. The SMILES string of the molecule is CC(C)OC(=O)c1cc(N)ccn1. The lowest BCUT2D eigenvalue weighted by molar-refractivity contribution is 0.0371. The predicted octanol–water partition coefficient (Wildman–Crippen LogP) is 1.23. The fourth-order valence-corrected chi connectivity index (χ4v) is 0.833. The molecule has 4 heteroatoms. The van der Waals surface area contributed by atoms with Gasteiger partial charge in [-0.05, 0) is 26.0 Å². The molecule has 0 aliphatic carbocycles. The highest BCUT2D eigenvalue weighted by Crippen LogP contribution is 2.05. The smallest absolute Gasteiger partial charge is 0.357 e. The van der Waals surface area contributed by atoms with Crippen molar-refractivity contribution in [2.24, 2.45) is 0 Å². The lowest BCUT2D eigenvalue weighted by atomic mass is 10.3. The molecule has 0 saturated heterocycles. The van der Waals surface area contributed by atoms with Crippen molar-refractivity contribution < 1.29 is 9.53 Å². The predicted molar refractivity (Wildman–Crippen MR) is 49.2 cm³/mol. The first-order chi connectivity index (χ1) is 6.09. The van der Waals surface area contributed by atoms with Gasteiger partial charge in [-0.15, -0.1) is 0 Å². The summed E-state index contributed by atoms with van der Waals surface area (Å²) in [7, 11) is 0. The Morgan fingerprint density at radius 1 is 1.62 bits per heavy atom. The van der Waals surface area contributed by atoms with Crippen LogP contribution < -0.4 is 5.73 Å². The minimum absolute atomic E-state index is 0.143. The van der Waals surface area contributed by atoms with Crippen molar-refractivity contribution in [2.75, 3.05) is 5.73 Å². The molecule has 0 aliphatic heterocycles. The molecule has 0 spiro atoms. The van der Waals surface area contributed by atoms with Gasteiger partial charge in [0, 0.05) is 11.9 Å². The first kappa shape index (κ1) is 9.51. The number of carbonyl (C=O) groups is 1. The average molecular weight is 180 g/mol. The Kier molecular flexibility index (Phi) is 2.84. The standard InChI is InChI=1S/C9H12N2O2/c1-6(2)13-9(12)8-5-7(10)3-4-11-8/h3-6H,1-2H3,(H2,10,11). The lowest BCUT2D eigenvalue weighted by Gasteiger charge is -2.06. The maximum absolute atomic E-state index is 11.3. The number of anilines is 1. The Hall–Kier alpha value is -1.58. The molecule has 2 N–H and O–H groups in total. The number of rotatable bonds is 2. The van der Waals surface area contributed by atoms with Crippen molar-refractivity contribution in [3.63, 3.8) is 0 Å². The van der Waals surface area contributed by atoms with Crippen LogP contribution in [0.3, 0.4) is 0 Å². The van der Waals surface area contributed by atoms with E-state index in [2.05, 4.69) is 4.98 Å². The normalized spacial score (nSPS) is 10.1. The highest BCUT2D eigenvalue weighted by atomic mass is 16.5. The molecule has 0 atom stereocenters. The quantitative estimate of drug-likeness (QED) is 0.695. The van der Waals surface area contributed by atoms with Crippen LogP contribution >= 0.6 is 0 Å². The van der Waals surface area contributed by atoms with Gasteiger partial charge in [0.05, 0.1) is 6.10 Å². The number of esters is 1. The summed E-state index contributed by atoms with van der Waals surface area (Å²) in [6, 6.07) is 3.11. The molecule has 4 nitrogen and oxygen atoms in total. The summed E-state index contributed by atoms with van der Waals surface area (Å²) in [5, 5.41) is 0. The number of hydrogen-bond donors (Lipinski definition) is 1. The van der Waals surface area contributed by atoms with E-state index in [1.807, 2.05) is 0 Å². The molecule has 0 fully saturated rings. The Morgan fingerprint density at radius 2 is 2.31 bits per heavy atom. The summed E-state index contributed by atoms with van der Waals surface area (Å²) >= 11 is 0. The van der Waals surface area contributed by atoms with Gasteiger partial charge in [0.25, 0.3) is 0 Å². The zero-order valence-electron chi connectivity index (χ0n) is 7.65. The molecule has 0 amide bonds. The summed E-state index contributed by atoms with van der Waals surface area (Å²) in [4.78, 5) is 15.1. The number of nitrogen functional groups attached to an aromatic ring is 1. The molecule has 1 aromatic heterocycles. The fraction of sp³-hybridized carbons (Fsp3) is 0.333. The van der Waals surface area contributed by atoms with Gasteiger partial charge in [0.2, 0.25) is 0 Å². The van der Waals surface area contributed by atoms with E-state index >= 15 is 0 Å². The minimum Gasteiger partial charge on any atom is -0.458 e. The fourth-order valence-electron chi connectivity index (χ4n) is 0.833. The summed E-state index contributed by atoms with van der Waals surface area (Å²) in [6.07, 6.45) is 1.34. The third-order valence-electron chi connectivity index (χ3n) is 1.34. The number of pyridine rings is 1. The molecule has 0 unspecified atom stereocenters. The lowest BCUT2D eigenvalue weighted by Crippen LogP contribution is -2.13. The second-order valence-electron chi connectivity index (χ2n) is 2.93. The molecule has 0 saturated carbocycles. The topological polar surface area (TPSA) is 65.2 Å². The van der Waals surface area contributed by atoms with E-state index in [1.165, 1.54) is 12.3 Å². The van der Waals surface area contributed by atoms with E-state index in [0.29, 0.717) is 5.69 Å². The molecule has 0 radical (unpaired) electrons. The zero-order valence-corrected chi connectivity index (χ0v) is 7.65. The van der Waals surface area contributed by atoms with Crippen LogP contribution in [-0.2, 0) is 4.74 Å². The summed E-state index contributed by atoms with van der Waals surface area (Å²) in [5.74, 6) is -0.442. The number of aromatic nitrogens is 1. The highest BCUT2D eigenvalue weighted by Gasteiger charge is 2.09. The van der Waals surface area contributed by atoms with Gasteiger partial charge >= 0.3 is 5.97 Å². The molecule has 0 bridgehead atoms. The molecule has 0 aliphatic rings. The maximum Gasteiger partial charge on any atom is 0.357 e. The van der Waals surface area contributed by atoms with Crippen molar-refractivity contribution in [3.05, 3.63) is 24.0 Å². The highest BCUT2D eigenvalue weighted by molar-refractivity contribution is 5.88. The van der Waals surface area contributed by atoms with E-state index in [4.69, 9.17) is 10.5 Å². The molecule has 1 rings (SSSR count). The van der Waals surface area contributed by atoms with Gasteiger partial charge in [-0.3, -0.25) is 0 Å². The largest absolute Gasteiger partial charge is 0.458 e. The molecule has 0 aromatic carbocycles. The second-order valence-corrected chi connectivity index (χ2v) is 2.93. The molecule has 70 valence electrons. The van der Waals surface area contributed by atoms with Gasteiger partial charge in [0.15, 0.2) is 0 Å². The van der Waals surface area contributed by atoms with E-state index in [0.717, 1.165) is 0 Å². The maximum atomic E-state index is 11.3. The van der Waals surface area contributed by atoms with Crippen LogP contribution in [0.4, 0.5) is 5.69 Å². The van der Waals surface area contributed by atoms with Gasteiger partial charge in [-0.1, -0.05) is 0 Å². The Labute approximate surface area is 76.7 Å². The monoisotopic (exact) mass is 180 g/mol. The van der Waals surface area contributed by atoms with Crippen molar-refractivity contribution in [1.29, 1.82) is 0 Å². The van der Waals surface area contributed by atoms with Crippen LogP contribution in [0.1, 0.15) is 24.3 Å². The number of nitrogens with two attached hydrogens (primary N) is 1. The van der Waals surface area contributed by atoms with Crippen LogP contribution in [0.25, 0.3) is 0 Å². The van der Waals surface area contributed by atoms with Gasteiger partial charge < -0.3 is 10.5 Å². The number of nitrogens with zero attached hydrogens (tertiary/aromatic N) is 1. The Bertz CT molecular complexity index is 310. The number of carbonyl (C=O) groups excluding carboxylic acids is 1. The van der Waals surface area contributed by atoms with Gasteiger partial charge in [-0.2, -0.15) is 0 Å². The summed E-state index contributed by atoms with van der Waals surface area (Å²) in [5.41, 5.74) is 6.23. The van der Waals surface area contributed by atoms with Crippen LogP contribution in [0.2, 0.25) is 0 Å². The number of hydrogen-bond acceptors (Lipinski definition) is 4. The third-order valence-corrected chi connectivity index (χ3v) is 1.34. The number of ether oxygens (including phenoxy) is 1. The Balaban J connectivity index is 2.77. The van der Waals surface area contributed by atoms with Crippen molar-refractivity contribution in [1.82, 2.24) is 4.98 Å². The van der Waals surface area contributed by atoms with Crippen LogP contribution in [-0.4, -0.2) is 17.1 Å². The van der Waals surface area contributed by atoms with Gasteiger partial charge in [-0.25, -0.2) is 9.78 Å². The second kappa shape index (κ2) is 3.89. The third kappa shape index (κ3) is 2.74. The first-order valence-electron chi connectivity index (χ1n) is 4.02. The van der Waals surface area contributed by atoms with E-state index in [-0.39, 0.29) is 11.8 Å². The van der Waals surface area contributed by atoms with E-state index < -0.39 is 5.97 Å². The van der Waals surface area contributed by atoms with Crippen molar-refractivity contribution in [3.8, 4) is 0 Å². The van der Waals surface area contributed by atoms with Crippen LogP contribution in [0, 0.1) is 0 Å². The van der Waals surface area contributed by atoms with Gasteiger partial charge in [0.1, 0.15) is 5.69 Å². The molecule has 1 heterocycles. The van der Waals surface area contributed by atoms with Crippen molar-refractivity contribution in [2.45, 2.75) is 20.0 Å². The first-order valence-corrected chi connectivity index (χ1v) is 4.02. The van der Waals surface area contributed by atoms with Crippen LogP contribution in [0.15, 0.2) is 18.3 Å². The van der Waals surface area contributed by atoms with Crippen molar-refractivity contribution >= 4 is 11.7 Å². The minimum atomic E-state index is -0.442. The summed E-state index contributed by atoms with van der Waals surface area (Å²) < 4.78 is 4.93. The van der Waals surface area contributed by atoms with Crippen LogP contribution in [0.5, 0.6) is 0 Å². The van der Waals surface area contributed by atoms with E-state index in [1.54, 1.807) is 19.9 Å². The van der Waals surface area contributed by atoms with E-state index in [9.17, 15) is 4.79 Å².